The van der Waals surface area contributed by atoms with E-state index in [1.165, 1.54) is 19.3 Å². The molecule has 0 radical (unpaired) electrons. The summed E-state index contributed by atoms with van der Waals surface area (Å²) < 4.78 is 0. The molecule has 0 aromatic heterocycles. The van der Waals surface area contributed by atoms with Gasteiger partial charge in [0.2, 0.25) is 11.8 Å². The van der Waals surface area contributed by atoms with Crippen LogP contribution in [0.2, 0.25) is 0 Å². The minimum Gasteiger partial charge on any atom is -0.342 e. The summed E-state index contributed by atoms with van der Waals surface area (Å²) >= 11 is 0. The minimum absolute atomic E-state index is 0.0246. The molecule has 4 heteroatoms. The molecule has 0 spiro atoms. The standard InChI is InChI=1S/C20H24N2O2/c1-11-2-5-18-14(6-11)15(20(24)21-18)8-19(23)22-9-16-12-3-4-13(7-12)17(16)10-22/h2,5-6,12-13,15-17H,3-4,7-10H2,1H3,(H,21,24)/t12-,13+,15-,16-,17+/m0/s1. The van der Waals surface area contributed by atoms with Gasteiger partial charge in [-0.15, -0.1) is 0 Å². The van der Waals surface area contributed by atoms with E-state index in [0.29, 0.717) is 6.42 Å². The maximum atomic E-state index is 12.9. The van der Waals surface area contributed by atoms with Gasteiger partial charge in [0.1, 0.15) is 0 Å². The molecular weight excluding hydrogens is 300 g/mol. The highest BCUT2D eigenvalue weighted by atomic mass is 16.2. The van der Waals surface area contributed by atoms with E-state index in [9.17, 15) is 9.59 Å². The van der Waals surface area contributed by atoms with Crippen molar-refractivity contribution in [3.63, 3.8) is 0 Å². The molecule has 2 amide bonds. The van der Waals surface area contributed by atoms with Crippen molar-refractivity contribution in [2.24, 2.45) is 23.7 Å². The summed E-state index contributed by atoms with van der Waals surface area (Å²) in [6, 6.07) is 6.00. The first-order valence-electron chi connectivity index (χ1n) is 9.29. The second-order valence-corrected chi connectivity index (χ2v) is 8.30. The predicted molar refractivity (Wildman–Crippen MR) is 91.6 cm³/mol. The molecule has 2 heterocycles. The Morgan fingerprint density at radius 1 is 1.21 bits per heavy atom. The topological polar surface area (TPSA) is 49.4 Å². The zero-order chi connectivity index (χ0) is 16.4. The van der Waals surface area contributed by atoms with Crippen LogP contribution in [0, 0.1) is 30.6 Å². The van der Waals surface area contributed by atoms with Crippen LogP contribution in [-0.2, 0) is 9.59 Å². The molecule has 24 heavy (non-hydrogen) atoms. The van der Waals surface area contributed by atoms with E-state index in [4.69, 9.17) is 0 Å². The molecule has 5 atom stereocenters. The summed E-state index contributed by atoms with van der Waals surface area (Å²) in [5.41, 5.74) is 3.00. The molecule has 2 saturated carbocycles. The maximum absolute atomic E-state index is 12.9. The lowest BCUT2D eigenvalue weighted by molar-refractivity contribution is -0.132. The fourth-order valence-corrected chi connectivity index (χ4v) is 5.84. The van der Waals surface area contributed by atoms with Crippen LogP contribution in [0.15, 0.2) is 18.2 Å². The van der Waals surface area contributed by atoms with Gasteiger partial charge in [-0.05, 0) is 61.5 Å². The molecule has 1 N–H and O–H groups in total. The molecule has 4 aliphatic rings. The lowest BCUT2D eigenvalue weighted by Gasteiger charge is -2.22. The third kappa shape index (κ3) is 2.04. The smallest absolute Gasteiger partial charge is 0.232 e. The molecule has 126 valence electrons. The molecule has 1 aromatic rings. The number of hydrogen-bond acceptors (Lipinski definition) is 2. The molecule has 5 rings (SSSR count). The molecule has 2 aliphatic heterocycles. The molecule has 2 bridgehead atoms. The number of benzene rings is 1. The van der Waals surface area contributed by atoms with Gasteiger partial charge in [0.25, 0.3) is 0 Å². The van der Waals surface area contributed by atoms with Crippen LogP contribution in [-0.4, -0.2) is 29.8 Å². The maximum Gasteiger partial charge on any atom is 0.232 e. The van der Waals surface area contributed by atoms with E-state index in [1.807, 2.05) is 25.1 Å². The van der Waals surface area contributed by atoms with Gasteiger partial charge >= 0.3 is 0 Å². The summed E-state index contributed by atoms with van der Waals surface area (Å²) in [5.74, 6) is 3.01. The van der Waals surface area contributed by atoms with Gasteiger partial charge in [-0.2, -0.15) is 0 Å². The normalized spacial score (nSPS) is 36.0. The van der Waals surface area contributed by atoms with Crippen molar-refractivity contribution < 1.29 is 9.59 Å². The lowest BCUT2D eigenvalue weighted by atomic mass is 9.82. The fraction of sp³-hybridized carbons (Fsp3) is 0.600. The number of amides is 2. The van der Waals surface area contributed by atoms with Crippen molar-refractivity contribution in [3.05, 3.63) is 29.3 Å². The molecule has 2 aliphatic carbocycles. The molecule has 1 saturated heterocycles. The molecular formula is C20H24N2O2. The Balaban J connectivity index is 1.32. The van der Waals surface area contributed by atoms with E-state index in [1.54, 1.807) is 0 Å². The number of likely N-dealkylation sites (tertiary alicyclic amines) is 1. The Kier molecular flexibility index (Phi) is 3.07. The summed E-state index contributed by atoms with van der Waals surface area (Å²) in [7, 11) is 0. The quantitative estimate of drug-likeness (QED) is 0.909. The average molecular weight is 324 g/mol. The second kappa shape index (κ2) is 5.08. The lowest BCUT2D eigenvalue weighted by Crippen LogP contribution is -2.32. The van der Waals surface area contributed by atoms with Crippen molar-refractivity contribution in [2.45, 2.75) is 38.5 Å². The Morgan fingerprint density at radius 3 is 2.62 bits per heavy atom. The van der Waals surface area contributed by atoms with E-state index in [2.05, 4.69) is 10.2 Å². The highest BCUT2D eigenvalue weighted by molar-refractivity contribution is 6.05. The first-order chi connectivity index (χ1) is 11.6. The molecule has 1 aromatic carbocycles. The number of aryl methyl sites for hydroxylation is 1. The van der Waals surface area contributed by atoms with Crippen molar-refractivity contribution >= 4 is 17.5 Å². The number of nitrogens with zero attached hydrogens (tertiary/aromatic N) is 1. The molecule has 0 unspecified atom stereocenters. The largest absolute Gasteiger partial charge is 0.342 e. The Bertz CT molecular complexity index is 710. The monoisotopic (exact) mass is 324 g/mol. The molecule has 4 nitrogen and oxygen atoms in total. The van der Waals surface area contributed by atoms with Crippen LogP contribution in [0.4, 0.5) is 5.69 Å². The van der Waals surface area contributed by atoms with E-state index in [-0.39, 0.29) is 17.7 Å². The third-order valence-corrected chi connectivity index (χ3v) is 7.03. The first kappa shape index (κ1) is 14.5. The Morgan fingerprint density at radius 2 is 1.92 bits per heavy atom. The third-order valence-electron chi connectivity index (χ3n) is 7.03. The molecule has 3 fully saturated rings. The van der Waals surface area contributed by atoms with Crippen molar-refractivity contribution in [1.82, 2.24) is 4.90 Å². The SMILES string of the molecule is Cc1ccc2c(c1)[C@H](CC(=O)N1C[C@@H]3[C@@H]4CC[C@@H](C4)[C@@H]3C1)C(=O)N2. The summed E-state index contributed by atoms with van der Waals surface area (Å²) in [4.78, 5) is 27.2. The van der Waals surface area contributed by atoms with E-state index >= 15 is 0 Å². The number of anilines is 1. The Labute approximate surface area is 142 Å². The van der Waals surface area contributed by atoms with Crippen molar-refractivity contribution in [3.8, 4) is 0 Å². The van der Waals surface area contributed by atoms with Gasteiger partial charge in [-0.3, -0.25) is 9.59 Å². The fourth-order valence-electron chi connectivity index (χ4n) is 5.84. The minimum atomic E-state index is -0.315. The van der Waals surface area contributed by atoms with Crippen molar-refractivity contribution in [2.75, 3.05) is 18.4 Å². The van der Waals surface area contributed by atoms with Crippen molar-refractivity contribution in [1.29, 1.82) is 0 Å². The number of rotatable bonds is 2. The summed E-state index contributed by atoms with van der Waals surface area (Å²) in [5, 5.41) is 2.92. The average Bonchev–Trinajstić information content (AvgIpc) is 3.29. The first-order valence-corrected chi connectivity index (χ1v) is 9.29. The van der Waals surface area contributed by atoms with Gasteiger partial charge in [0.05, 0.1) is 5.92 Å². The summed E-state index contributed by atoms with van der Waals surface area (Å²) in [6.45, 7) is 3.89. The zero-order valence-electron chi connectivity index (χ0n) is 14.1. The van der Waals surface area contributed by atoms with Crippen LogP contribution in [0.3, 0.4) is 0 Å². The van der Waals surface area contributed by atoms with Gasteiger partial charge in [0, 0.05) is 25.2 Å². The van der Waals surface area contributed by atoms with Gasteiger partial charge in [-0.1, -0.05) is 17.7 Å². The van der Waals surface area contributed by atoms with Gasteiger partial charge < -0.3 is 10.2 Å². The number of carbonyl (C=O) groups excluding carboxylic acids is 2. The van der Waals surface area contributed by atoms with Crippen LogP contribution < -0.4 is 5.32 Å². The highest BCUT2D eigenvalue weighted by Crippen LogP contribution is 2.55. The van der Waals surface area contributed by atoms with E-state index in [0.717, 1.165) is 53.6 Å². The summed E-state index contributed by atoms with van der Waals surface area (Å²) in [6.07, 6.45) is 4.45. The van der Waals surface area contributed by atoms with Crippen LogP contribution in [0.5, 0.6) is 0 Å². The van der Waals surface area contributed by atoms with Crippen LogP contribution >= 0.6 is 0 Å². The highest BCUT2D eigenvalue weighted by Gasteiger charge is 2.52. The number of hydrogen-bond donors (Lipinski definition) is 1. The number of fused-ring (bicyclic) bond motifs is 6. The Hall–Kier alpha value is -1.84. The van der Waals surface area contributed by atoms with Gasteiger partial charge in [-0.25, -0.2) is 0 Å². The predicted octanol–water partition coefficient (Wildman–Crippen LogP) is 2.93. The number of carbonyl (C=O) groups is 2. The van der Waals surface area contributed by atoms with E-state index < -0.39 is 0 Å². The van der Waals surface area contributed by atoms with Crippen LogP contribution in [0.25, 0.3) is 0 Å². The second-order valence-electron chi connectivity index (χ2n) is 8.30. The van der Waals surface area contributed by atoms with Gasteiger partial charge in [0.15, 0.2) is 0 Å². The zero-order valence-corrected chi connectivity index (χ0v) is 14.1. The number of nitrogens with one attached hydrogen (secondary N) is 1. The van der Waals surface area contributed by atoms with Crippen LogP contribution in [0.1, 0.15) is 42.7 Å².